The molecule has 4 aromatic rings. The molecule has 0 spiro atoms. The summed E-state index contributed by atoms with van der Waals surface area (Å²) in [6.45, 7) is 9.82. The number of rotatable bonds is 12. The number of carbonyl (C=O) groups excluding carboxylic acids is 2. The molecule has 198 valence electrons. The average Bonchev–Trinajstić information content (AvgIpc) is 3.00. The Bertz CT molecular complexity index is 1440. The van der Waals surface area contributed by atoms with E-state index < -0.39 is 11.9 Å². The maximum Gasteiger partial charge on any atom is 0.197 e. The highest BCUT2D eigenvalue weighted by Crippen LogP contribution is 2.31. The Morgan fingerprint density at radius 1 is 0.846 bits per heavy atom. The number of anilines is 1. The third-order valence-corrected chi connectivity index (χ3v) is 6.75. The standard InChI is InChI=1S/C34H33NO4/c1-4-24-16-18-25(19-17-24)23-39-31-22-27(35(5-2)6-3)20-21-30(31)33(37)28-14-10-11-15-29(28)34(38)32(36)26-12-8-7-9-13-26/h4,7-22,32,36H,1,5-6,23H2,2-3H3. The first-order chi connectivity index (χ1) is 19.0. The Balaban J connectivity index is 1.70. The van der Waals surface area contributed by atoms with Gasteiger partial charge in [-0.25, -0.2) is 0 Å². The van der Waals surface area contributed by atoms with E-state index in [0.29, 0.717) is 16.9 Å². The Morgan fingerprint density at radius 2 is 1.49 bits per heavy atom. The lowest BCUT2D eigenvalue weighted by molar-refractivity contribution is 0.0744. The topological polar surface area (TPSA) is 66.8 Å². The lowest BCUT2D eigenvalue weighted by Gasteiger charge is -2.23. The van der Waals surface area contributed by atoms with E-state index in [2.05, 4.69) is 25.3 Å². The van der Waals surface area contributed by atoms with Crippen LogP contribution in [0.1, 0.15) is 62.9 Å². The predicted octanol–water partition coefficient (Wildman–Crippen LogP) is 6.90. The molecule has 4 aromatic carbocycles. The van der Waals surface area contributed by atoms with E-state index >= 15 is 0 Å². The molecule has 0 heterocycles. The van der Waals surface area contributed by atoms with Crippen molar-refractivity contribution in [2.24, 2.45) is 0 Å². The molecule has 0 radical (unpaired) electrons. The fourth-order valence-corrected chi connectivity index (χ4v) is 4.49. The zero-order valence-electron chi connectivity index (χ0n) is 22.3. The van der Waals surface area contributed by atoms with Crippen LogP contribution >= 0.6 is 0 Å². The quantitative estimate of drug-likeness (QED) is 0.206. The zero-order valence-corrected chi connectivity index (χ0v) is 22.3. The van der Waals surface area contributed by atoms with E-state index in [1.165, 1.54) is 0 Å². The number of ketones is 2. The van der Waals surface area contributed by atoms with Crippen LogP contribution in [0.5, 0.6) is 5.75 Å². The summed E-state index contributed by atoms with van der Waals surface area (Å²) in [5, 5.41) is 10.8. The minimum Gasteiger partial charge on any atom is -0.488 e. The van der Waals surface area contributed by atoms with Crippen LogP contribution in [0.3, 0.4) is 0 Å². The van der Waals surface area contributed by atoms with E-state index in [9.17, 15) is 14.7 Å². The molecule has 0 fully saturated rings. The Labute approximate surface area is 230 Å². The van der Waals surface area contributed by atoms with Gasteiger partial charge in [-0.05, 0) is 42.7 Å². The van der Waals surface area contributed by atoms with Crippen LogP contribution in [0.4, 0.5) is 5.69 Å². The maximum atomic E-state index is 13.9. The summed E-state index contributed by atoms with van der Waals surface area (Å²) in [4.78, 5) is 29.4. The van der Waals surface area contributed by atoms with Crippen LogP contribution in [0.25, 0.3) is 6.08 Å². The smallest absolute Gasteiger partial charge is 0.197 e. The molecule has 4 rings (SSSR count). The lowest BCUT2D eigenvalue weighted by Crippen LogP contribution is -2.22. The molecule has 0 aliphatic heterocycles. The van der Waals surface area contributed by atoms with Gasteiger partial charge < -0.3 is 14.7 Å². The summed E-state index contributed by atoms with van der Waals surface area (Å²) in [5.74, 6) is -0.444. The fourth-order valence-electron chi connectivity index (χ4n) is 4.49. The van der Waals surface area contributed by atoms with Crippen LogP contribution in [-0.2, 0) is 6.61 Å². The number of benzene rings is 4. The number of ether oxygens (including phenoxy) is 1. The Morgan fingerprint density at radius 3 is 2.13 bits per heavy atom. The number of aliphatic hydroxyl groups excluding tert-OH is 1. The molecular formula is C34H33NO4. The van der Waals surface area contributed by atoms with Gasteiger partial charge in [0.2, 0.25) is 0 Å². The van der Waals surface area contributed by atoms with Gasteiger partial charge in [-0.1, -0.05) is 91.5 Å². The number of hydrogen-bond acceptors (Lipinski definition) is 5. The van der Waals surface area contributed by atoms with Gasteiger partial charge in [-0.3, -0.25) is 9.59 Å². The molecule has 0 bridgehead atoms. The van der Waals surface area contributed by atoms with Crippen LogP contribution in [0, 0.1) is 0 Å². The first-order valence-corrected chi connectivity index (χ1v) is 13.1. The minimum absolute atomic E-state index is 0.164. The molecule has 5 heteroatoms. The molecule has 0 aromatic heterocycles. The first-order valence-electron chi connectivity index (χ1n) is 13.1. The van der Waals surface area contributed by atoms with Gasteiger partial charge in [0.1, 0.15) is 18.5 Å². The molecule has 0 aliphatic rings. The molecular weight excluding hydrogens is 486 g/mol. The third-order valence-electron chi connectivity index (χ3n) is 6.75. The summed E-state index contributed by atoms with van der Waals surface area (Å²) >= 11 is 0. The molecule has 39 heavy (non-hydrogen) atoms. The second-order valence-corrected chi connectivity index (χ2v) is 9.14. The van der Waals surface area contributed by atoms with Gasteiger partial charge >= 0.3 is 0 Å². The Kier molecular flexibility index (Phi) is 9.08. The molecule has 0 saturated carbocycles. The van der Waals surface area contributed by atoms with Crippen molar-refractivity contribution in [1.29, 1.82) is 0 Å². The summed E-state index contributed by atoms with van der Waals surface area (Å²) in [5.41, 5.74) is 4.11. The number of hydrogen-bond donors (Lipinski definition) is 1. The highest BCUT2D eigenvalue weighted by Gasteiger charge is 2.26. The molecule has 5 nitrogen and oxygen atoms in total. The Hall–Kier alpha value is -4.48. The van der Waals surface area contributed by atoms with Gasteiger partial charge in [0.15, 0.2) is 11.6 Å². The largest absolute Gasteiger partial charge is 0.488 e. The SMILES string of the molecule is C=Cc1ccc(COc2cc(N(CC)CC)ccc2C(=O)c2ccccc2C(=O)C(O)c2ccccc2)cc1. The lowest BCUT2D eigenvalue weighted by atomic mass is 9.92. The predicted molar refractivity (Wildman–Crippen MR) is 156 cm³/mol. The van der Waals surface area contributed by atoms with Gasteiger partial charge in [0, 0.05) is 36.0 Å². The van der Waals surface area contributed by atoms with E-state index in [1.807, 2.05) is 42.5 Å². The van der Waals surface area contributed by atoms with E-state index in [0.717, 1.165) is 29.9 Å². The number of nitrogens with zero attached hydrogens (tertiary/aromatic N) is 1. The van der Waals surface area contributed by atoms with Crippen LogP contribution in [-0.4, -0.2) is 29.8 Å². The molecule has 1 atom stereocenters. The van der Waals surface area contributed by atoms with E-state index in [4.69, 9.17) is 4.74 Å². The fraction of sp³-hybridized carbons (Fsp3) is 0.176. The summed E-state index contributed by atoms with van der Waals surface area (Å²) in [7, 11) is 0. The van der Waals surface area contributed by atoms with Gasteiger partial charge in [-0.2, -0.15) is 0 Å². The van der Waals surface area contributed by atoms with Crippen molar-refractivity contribution in [1.82, 2.24) is 0 Å². The second kappa shape index (κ2) is 12.9. The van der Waals surface area contributed by atoms with Crippen molar-refractivity contribution >= 4 is 23.3 Å². The van der Waals surface area contributed by atoms with Gasteiger partial charge in [0.05, 0.1) is 5.56 Å². The highest BCUT2D eigenvalue weighted by atomic mass is 16.5. The van der Waals surface area contributed by atoms with Crippen molar-refractivity contribution in [2.75, 3.05) is 18.0 Å². The number of Topliss-reactive ketones (excluding diaryl/α,β-unsaturated/α-hetero) is 1. The zero-order chi connectivity index (χ0) is 27.8. The summed E-state index contributed by atoms with van der Waals surface area (Å²) < 4.78 is 6.23. The second-order valence-electron chi connectivity index (χ2n) is 9.14. The molecule has 0 saturated heterocycles. The van der Waals surface area contributed by atoms with Crippen molar-refractivity contribution in [3.05, 3.63) is 137 Å². The van der Waals surface area contributed by atoms with Crippen LogP contribution in [0.15, 0.2) is 104 Å². The van der Waals surface area contributed by atoms with E-state index in [-0.39, 0.29) is 23.5 Å². The number of aliphatic hydroxyl groups is 1. The van der Waals surface area contributed by atoms with Crippen molar-refractivity contribution in [3.63, 3.8) is 0 Å². The first kappa shape index (κ1) is 27.6. The third kappa shape index (κ3) is 6.33. The molecule has 0 amide bonds. The molecule has 0 aliphatic carbocycles. The van der Waals surface area contributed by atoms with Crippen LogP contribution in [0.2, 0.25) is 0 Å². The monoisotopic (exact) mass is 519 g/mol. The van der Waals surface area contributed by atoms with Crippen molar-refractivity contribution in [2.45, 2.75) is 26.6 Å². The molecule has 1 N–H and O–H groups in total. The minimum atomic E-state index is -1.38. The summed E-state index contributed by atoms with van der Waals surface area (Å²) in [6, 6.07) is 28.7. The number of carbonyl (C=O) groups is 2. The van der Waals surface area contributed by atoms with Gasteiger partial charge in [0.25, 0.3) is 0 Å². The maximum absolute atomic E-state index is 13.9. The van der Waals surface area contributed by atoms with Crippen molar-refractivity contribution < 1.29 is 19.4 Å². The van der Waals surface area contributed by atoms with Crippen LogP contribution < -0.4 is 9.64 Å². The summed E-state index contributed by atoms with van der Waals surface area (Å²) in [6.07, 6.45) is 0.405. The van der Waals surface area contributed by atoms with E-state index in [1.54, 1.807) is 60.7 Å². The molecule has 1 unspecified atom stereocenters. The average molecular weight is 520 g/mol. The highest BCUT2D eigenvalue weighted by molar-refractivity contribution is 6.17. The van der Waals surface area contributed by atoms with Crippen molar-refractivity contribution in [3.8, 4) is 5.75 Å². The van der Waals surface area contributed by atoms with Gasteiger partial charge in [-0.15, -0.1) is 0 Å². The normalized spacial score (nSPS) is 11.5.